The zero-order valence-corrected chi connectivity index (χ0v) is 20.1. The Kier molecular flexibility index (Phi) is 6.77. The normalized spacial score (nSPS) is 11.4. The lowest BCUT2D eigenvalue weighted by Crippen LogP contribution is -2.31. The molecule has 3 aromatic carbocycles. The van der Waals surface area contributed by atoms with Gasteiger partial charge in [0.1, 0.15) is 0 Å². The highest BCUT2D eigenvalue weighted by molar-refractivity contribution is 7.92. The Bertz CT molecular complexity index is 1640. The van der Waals surface area contributed by atoms with Crippen LogP contribution in [0.2, 0.25) is 5.02 Å². The van der Waals surface area contributed by atoms with Gasteiger partial charge in [0.15, 0.2) is 0 Å². The molecule has 0 aliphatic rings. The molecule has 0 radical (unpaired) electrons. The van der Waals surface area contributed by atoms with Gasteiger partial charge in [-0.3, -0.25) is 23.9 Å². The van der Waals surface area contributed by atoms with Crippen LogP contribution in [0.1, 0.15) is 12.0 Å². The van der Waals surface area contributed by atoms with Crippen LogP contribution in [0.25, 0.3) is 10.9 Å². The van der Waals surface area contributed by atoms with Gasteiger partial charge in [-0.25, -0.2) is 13.2 Å². The fourth-order valence-electron chi connectivity index (χ4n) is 3.60. The molecular weight excluding hydrogens is 492 g/mol. The molecule has 0 fully saturated rings. The van der Waals surface area contributed by atoms with Crippen LogP contribution in [0, 0.1) is 6.92 Å². The van der Waals surface area contributed by atoms with Gasteiger partial charge in [-0.2, -0.15) is 0 Å². The predicted molar refractivity (Wildman–Crippen MR) is 136 cm³/mol. The van der Waals surface area contributed by atoms with Crippen molar-refractivity contribution in [3.63, 3.8) is 0 Å². The van der Waals surface area contributed by atoms with Gasteiger partial charge < -0.3 is 5.32 Å². The van der Waals surface area contributed by atoms with Gasteiger partial charge in [0, 0.05) is 29.4 Å². The SMILES string of the molecule is Cc1ccc(NC(=O)CCn2c(=O)[nH]c(=O)c3ccccc32)cc1S(=O)(=O)Nc1ccc(Cl)cc1. The van der Waals surface area contributed by atoms with Crippen LogP contribution >= 0.6 is 11.6 Å². The molecule has 9 nitrogen and oxygen atoms in total. The summed E-state index contributed by atoms with van der Waals surface area (Å²) in [6, 6.07) is 17.4. The number of halogens is 1. The lowest BCUT2D eigenvalue weighted by atomic mass is 10.2. The van der Waals surface area contributed by atoms with E-state index in [9.17, 15) is 22.8 Å². The number of hydrogen-bond donors (Lipinski definition) is 3. The summed E-state index contributed by atoms with van der Waals surface area (Å²) in [7, 11) is -3.93. The zero-order chi connectivity index (χ0) is 25.2. The average molecular weight is 513 g/mol. The summed E-state index contributed by atoms with van der Waals surface area (Å²) < 4.78 is 29.7. The van der Waals surface area contributed by atoms with E-state index in [1.807, 2.05) is 0 Å². The van der Waals surface area contributed by atoms with Gasteiger partial charge in [-0.05, 0) is 61.0 Å². The van der Waals surface area contributed by atoms with E-state index in [0.717, 1.165) is 0 Å². The molecule has 180 valence electrons. The first-order chi connectivity index (χ1) is 16.6. The largest absolute Gasteiger partial charge is 0.328 e. The van der Waals surface area contributed by atoms with Gasteiger partial charge in [0.2, 0.25) is 5.91 Å². The number of rotatable bonds is 7. The third-order valence-electron chi connectivity index (χ3n) is 5.33. The molecule has 1 aromatic heterocycles. The Hall–Kier alpha value is -3.89. The molecule has 0 aliphatic carbocycles. The fraction of sp³-hybridized carbons (Fsp3) is 0.125. The van der Waals surface area contributed by atoms with E-state index in [2.05, 4.69) is 15.0 Å². The Morgan fingerprint density at radius 3 is 2.43 bits per heavy atom. The van der Waals surface area contributed by atoms with Crippen LogP contribution in [0.15, 0.2) is 81.2 Å². The maximum absolute atomic E-state index is 12.9. The molecule has 1 amide bonds. The number of nitrogens with one attached hydrogen (secondary N) is 3. The number of fused-ring (bicyclic) bond motifs is 1. The average Bonchev–Trinajstić information content (AvgIpc) is 2.81. The summed E-state index contributed by atoms with van der Waals surface area (Å²) in [5, 5.41) is 3.49. The number of benzene rings is 3. The van der Waals surface area contributed by atoms with Gasteiger partial charge >= 0.3 is 5.69 Å². The maximum Gasteiger partial charge on any atom is 0.328 e. The number of aromatic nitrogens is 2. The van der Waals surface area contributed by atoms with Crippen molar-refractivity contribution in [2.24, 2.45) is 0 Å². The quantitative estimate of drug-likeness (QED) is 0.349. The number of carbonyl (C=O) groups is 1. The summed E-state index contributed by atoms with van der Waals surface area (Å²) >= 11 is 5.85. The van der Waals surface area contributed by atoms with E-state index < -0.39 is 27.2 Å². The molecule has 0 bridgehead atoms. The highest BCUT2D eigenvalue weighted by Crippen LogP contribution is 2.24. The molecule has 0 saturated heterocycles. The van der Waals surface area contributed by atoms with Gasteiger partial charge in [0.05, 0.1) is 15.8 Å². The third-order valence-corrected chi connectivity index (χ3v) is 7.10. The van der Waals surface area contributed by atoms with Crippen LogP contribution < -0.4 is 21.3 Å². The molecule has 4 rings (SSSR count). The number of aromatic amines is 1. The van der Waals surface area contributed by atoms with Crippen LogP contribution in [-0.2, 0) is 21.4 Å². The molecule has 0 spiro atoms. The van der Waals surface area contributed by atoms with E-state index >= 15 is 0 Å². The molecule has 0 aliphatic heterocycles. The Balaban J connectivity index is 1.51. The number of carbonyl (C=O) groups excluding carboxylic acids is 1. The lowest BCUT2D eigenvalue weighted by molar-refractivity contribution is -0.116. The molecule has 0 unspecified atom stereocenters. The summed E-state index contributed by atoms with van der Waals surface area (Å²) in [4.78, 5) is 39.1. The van der Waals surface area contributed by atoms with Crippen LogP contribution in [-0.4, -0.2) is 23.9 Å². The van der Waals surface area contributed by atoms with Crippen LogP contribution in [0.3, 0.4) is 0 Å². The lowest BCUT2D eigenvalue weighted by Gasteiger charge is -2.13. The second-order valence-corrected chi connectivity index (χ2v) is 9.91. The number of hydrogen-bond acceptors (Lipinski definition) is 5. The minimum atomic E-state index is -3.93. The first-order valence-corrected chi connectivity index (χ1v) is 12.4. The number of sulfonamides is 1. The molecule has 0 atom stereocenters. The van der Waals surface area contributed by atoms with E-state index in [-0.39, 0.29) is 23.5 Å². The van der Waals surface area contributed by atoms with Crippen molar-refractivity contribution in [1.82, 2.24) is 9.55 Å². The minimum Gasteiger partial charge on any atom is -0.326 e. The molecule has 0 saturated carbocycles. The van der Waals surface area contributed by atoms with Crippen molar-refractivity contribution in [2.45, 2.75) is 24.8 Å². The number of para-hydroxylation sites is 1. The predicted octanol–water partition coefficient (Wildman–Crippen LogP) is 3.48. The molecule has 35 heavy (non-hydrogen) atoms. The summed E-state index contributed by atoms with van der Waals surface area (Å²) in [5.74, 6) is -0.426. The summed E-state index contributed by atoms with van der Waals surface area (Å²) in [6.45, 7) is 1.67. The number of H-pyrrole nitrogens is 1. The van der Waals surface area contributed by atoms with Crippen molar-refractivity contribution in [3.8, 4) is 0 Å². The molecule has 3 N–H and O–H groups in total. The van der Waals surface area contributed by atoms with Crippen molar-refractivity contribution in [1.29, 1.82) is 0 Å². The van der Waals surface area contributed by atoms with E-state index in [0.29, 0.717) is 27.2 Å². The molecule has 1 heterocycles. The highest BCUT2D eigenvalue weighted by atomic mass is 35.5. The topological polar surface area (TPSA) is 130 Å². The standard InChI is InChI=1S/C24H21ClN4O5S/c1-15-6-9-18(14-21(15)35(33,34)28-17-10-7-16(25)8-11-17)26-22(30)12-13-29-20-5-3-2-4-19(20)23(31)27-24(29)32/h2-11,14,28H,12-13H2,1H3,(H,26,30)(H,27,31,32). The maximum atomic E-state index is 12.9. The molecule has 11 heteroatoms. The number of amides is 1. The minimum absolute atomic E-state index is 0.00750. The molecular formula is C24H21ClN4O5S. The van der Waals surface area contributed by atoms with Gasteiger partial charge in [0.25, 0.3) is 15.6 Å². The second kappa shape index (κ2) is 9.77. The van der Waals surface area contributed by atoms with E-state index in [1.165, 1.54) is 10.6 Å². The van der Waals surface area contributed by atoms with Crippen molar-refractivity contribution in [2.75, 3.05) is 10.0 Å². The zero-order valence-electron chi connectivity index (χ0n) is 18.5. The fourth-order valence-corrected chi connectivity index (χ4v) is 5.05. The smallest absolute Gasteiger partial charge is 0.326 e. The number of nitrogens with zero attached hydrogens (tertiary/aromatic N) is 1. The summed E-state index contributed by atoms with van der Waals surface area (Å²) in [6.07, 6.45) is -0.0745. The Morgan fingerprint density at radius 2 is 1.69 bits per heavy atom. The number of aryl methyl sites for hydroxylation is 2. The van der Waals surface area contributed by atoms with Crippen molar-refractivity contribution < 1.29 is 13.2 Å². The van der Waals surface area contributed by atoms with Gasteiger partial charge in [-0.1, -0.05) is 29.8 Å². The molecule has 4 aromatic rings. The monoisotopic (exact) mass is 512 g/mol. The van der Waals surface area contributed by atoms with Crippen molar-refractivity contribution in [3.05, 3.63) is 98.2 Å². The second-order valence-electron chi connectivity index (χ2n) is 7.82. The highest BCUT2D eigenvalue weighted by Gasteiger charge is 2.18. The van der Waals surface area contributed by atoms with E-state index in [4.69, 9.17) is 11.6 Å². The first kappa shape index (κ1) is 24.2. The van der Waals surface area contributed by atoms with Crippen molar-refractivity contribution >= 4 is 49.8 Å². The third kappa shape index (κ3) is 5.44. The number of anilines is 2. The van der Waals surface area contributed by atoms with Gasteiger partial charge in [-0.15, -0.1) is 0 Å². The van der Waals surface area contributed by atoms with Crippen LogP contribution in [0.5, 0.6) is 0 Å². The summed E-state index contributed by atoms with van der Waals surface area (Å²) in [5.41, 5.74) is 0.449. The first-order valence-electron chi connectivity index (χ1n) is 10.5. The van der Waals surface area contributed by atoms with E-state index in [1.54, 1.807) is 67.6 Å². The Labute approximate surface area is 205 Å². The Morgan fingerprint density at radius 1 is 1.00 bits per heavy atom. The van der Waals surface area contributed by atoms with Crippen LogP contribution in [0.4, 0.5) is 11.4 Å².